The van der Waals surface area contributed by atoms with Crippen molar-refractivity contribution in [3.05, 3.63) is 145 Å². The van der Waals surface area contributed by atoms with Gasteiger partial charge in [-0.3, -0.25) is 0 Å². The van der Waals surface area contributed by atoms with E-state index in [1.54, 1.807) is 0 Å². The SMILES string of the molecule is Cc1cc(N2c3cccc4c3B(c3c(cccc3-c3ccccc3)O4)c3c(-c4ccccc4)cccc32)cc(C(C)(C)C)c1. The molecule has 6 aromatic carbocycles. The first kappa shape index (κ1) is 26.6. The van der Waals surface area contributed by atoms with Crippen molar-refractivity contribution >= 4 is 40.2 Å². The molecule has 3 heteroatoms. The first-order valence-electron chi connectivity index (χ1n) is 15.5. The molecule has 0 N–H and O–H groups in total. The van der Waals surface area contributed by atoms with E-state index in [0.717, 1.165) is 11.5 Å². The summed E-state index contributed by atoms with van der Waals surface area (Å²) in [5.41, 5.74) is 14.8. The third-order valence-corrected chi connectivity index (χ3v) is 9.12. The molecule has 0 fully saturated rings. The predicted octanol–water partition coefficient (Wildman–Crippen LogP) is 9.03. The van der Waals surface area contributed by atoms with Crippen LogP contribution in [0.25, 0.3) is 22.3 Å². The normalized spacial score (nSPS) is 13.1. The van der Waals surface area contributed by atoms with Gasteiger partial charge in [-0.25, -0.2) is 0 Å². The van der Waals surface area contributed by atoms with Crippen LogP contribution >= 0.6 is 0 Å². The van der Waals surface area contributed by atoms with Crippen LogP contribution in [0.3, 0.4) is 0 Å². The molecule has 0 saturated carbocycles. The standard InChI is InChI=1S/C41H34BNO/c1-27-24-30(41(2,3)4)26-31(25-27)43-34-20-11-18-32(28-14-7-5-8-15-28)38(34)42-39-33(29-16-9-6-10-17-29)19-12-22-36(39)44-37-23-13-21-35(43)40(37)42/h5-26H,1-4H3. The zero-order valence-electron chi connectivity index (χ0n) is 25.6. The van der Waals surface area contributed by atoms with Crippen LogP contribution in [-0.2, 0) is 5.41 Å². The van der Waals surface area contributed by atoms with Gasteiger partial charge in [0.1, 0.15) is 11.5 Å². The van der Waals surface area contributed by atoms with E-state index < -0.39 is 0 Å². The van der Waals surface area contributed by atoms with Crippen molar-refractivity contribution in [3.63, 3.8) is 0 Å². The van der Waals surface area contributed by atoms with Crippen LogP contribution < -0.4 is 26.0 Å². The second-order valence-electron chi connectivity index (χ2n) is 13.1. The Hall–Kier alpha value is -5.02. The summed E-state index contributed by atoms with van der Waals surface area (Å²) < 4.78 is 6.81. The van der Waals surface area contributed by atoms with E-state index in [2.05, 4.69) is 166 Å². The van der Waals surface area contributed by atoms with E-state index in [-0.39, 0.29) is 12.1 Å². The maximum Gasteiger partial charge on any atom is 0.258 e. The number of hydrogen-bond acceptors (Lipinski definition) is 2. The molecular weight excluding hydrogens is 533 g/mol. The van der Waals surface area contributed by atoms with E-state index in [9.17, 15) is 0 Å². The molecule has 0 saturated heterocycles. The minimum Gasteiger partial charge on any atom is -0.458 e. The Balaban J connectivity index is 1.48. The molecule has 0 aromatic heterocycles. The molecule has 0 spiro atoms. The Morgan fingerprint density at radius 1 is 0.545 bits per heavy atom. The van der Waals surface area contributed by atoms with Crippen LogP contribution in [-0.4, -0.2) is 6.71 Å². The van der Waals surface area contributed by atoms with Crippen molar-refractivity contribution in [2.24, 2.45) is 0 Å². The van der Waals surface area contributed by atoms with Crippen LogP contribution in [0.2, 0.25) is 0 Å². The molecule has 0 unspecified atom stereocenters. The lowest BCUT2D eigenvalue weighted by Gasteiger charge is -2.41. The molecule has 2 heterocycles. The number of aryl methyl sites for hydroxylation is 1. The first-order valence-corrected chi connectivity index (χ1v) is 15.5. The number of ether oxygens (including phenoxy) is 1. The van der Waals surface area contributed by atoms with Gasteiger partial charge in [-0.15, -0.1) is 0 Å². The monoisotopic (exact) mass is 567 g/mol. The van der Waals surface area contributed by atoms with Gasteiger partial charge in [0, 0.05) is 17.1 Å². The van der Waals surface area contributed by atoms with Crippen molar-refractivity contribution in [1.82, 2.24) is 0 Å². The molecule has 0 atom stereocenters. The lowest BCUT2D eigenvalue weighted by atomic mass is 9.32. The Bertz CT molecular complexity index is 2040. The molecule has 0 aliphatic carbocycles. The van der Waals surface area contributed by atoms with Gasteiger partial charge in [-0.05, 0) is 98.5 Å². The van der Waals surface area contributed by atoms with Crippen molar-refractivity contribution in [2.45, 2.75) is 33.1 Å². The molecule has 2 aliphatic rings. The minimum absolute atomic E-state index is 0.00379. The Labute approximate surface area is 260 Å². The molecule has 6 aromatic rings. The van der Waals surface area contributed by atoms with E-state index in [0.29, 0.717) is 0 Å². The third-order valence-electron chi connectivity index (χ3n) is 9.12. The first-order chi connectivity index (χ1) is 21.4. The van der Waals surface area contributed by atoms with E-state index >= 15 is 0 Å². The molecule has 2 nitrogen and oxygen atoms in total. The average Bonchev–Trinajstić information content (AvgIpc) is 3.04. The lowest BCUT2D eigenvalue weighted by molar-refractivity contribution is 0.487. The molecule has 44 heavy (non-hydrogen) atoms. The van der Waals surface area contributed by atoms with Crippen LogP contribution in [0.1, 0.15) is 31.9 Å². The Kier molecular flexibility index (Phi) is 6.06. The smallest absolute Gasteiger partial charge is 0.258 e. The molecule has 0 amide bonds. The van der Waals surface area contributed by atoms with Crippen LogP contribution in [0.4, 0.5) is 17.1 Å². The topological polar surface area (TPSA) is 12.5 Å². The summed E-state index contributed by atoms with van der Waals surface area (Å²) in [6.07, 6.45) is 0. The van der Waals surface area contributed by atoms with Crippen molar-refractivity contribution < 1.29 is 4.74 Å². The summed E-state index contributed by atoms with van der Waals surface area (Å²) in [6.45, 7) is 9.08. The van der Waals surface area contributed by atoms with Gasteiger partial charge >= 0.3 is 0 Å². The summed E-state index contributed by atoms with van der Waals surface area (Å²) >= 11 is 0. The molecule has 212 valence electrons. The van der Waals surface area contributed by atoms with Gasteiger partial charge in [-0.2, -0.15) is 0 Å². The molecule has 2 aliphatic heterocycles. The van der Waals surface area contributed by atoms with Crippen LogP contribution in [0, 0.1) is 6.92 Å². The number of anilines is 3. The average molecular weight is 568 g/mol. The highest BCUT2D eigenvalue weighted by atomic mass is 16.5. The highest BCUT2D eigenvalue weighted by molar-refractivity contribution is 7.00. The summed E-state index contributed by atoms with van der Waals surface area (Å²) in [4.78, 5) is 2.47. The number of fused-ring (bicyclic) bond motifs is 4. The largest absolute Gasteiger partial charge is 0.458 e. The summed E-state index contributed by atoms with van der Waals surface area (Å²) in [5.74, 6) is 1.85. The fourth-order valence-electron chi connectivity index (χ4n) is 7.11. The third kappa shape index (κ3) is 4.18. The van der Waals surface area contributed by atoms with Crippen molar-refractivity contribution in [2.75, 3.05) is 4.90 Å². The summed E-state index contributed by atoms with van der Waals surface area (Å²) in [6, 6.07) is 48.4. The maximum absolute atomic E-state index is 6.81. The van der Waals surface area contributed by atoms with Gasteiger partial charge < -0.3 is 9.64 Å². The summed E-state index contributed by atoms with van der Waals surface area (Å²) in [5, 5.41) is 0. The van der Waals surface area contributed by atoms with Gasteiger partial charge in [0.2, 0.25) is 0 Å². The van der Waals surface area contributed by atoms with Gasteiger partial charge in [0.15, 0.2) is 0 Å². The van der Waals surface area contributed by atoms with Gasteiger partial charge in [0.25, 0.3) is 6.71 Å². The van der Waals surface area contributed by atoms with Gasteiger partial charge in [-0.1, -0.05) is 118 Å². The molecule has 0 radical (unpaired) electrons. The molecule has 0 bridgehead atoms. The minimum atomic E-state index is -0.00379. The second kappa shape index (κ2) is 10.0. The Morgan fingerprint density at radius 2 is 1.09 bits per heavy atom. The summed E-state index contributed by atoms with van der Waals surface area (Å²) in [7, 11) is 0. The van der Waals surface area contributed by atoms with E-state index in [1.807, 2.05) is 0 Å². The number of nitrogens with zero attached hydrogens (tertiary/aromatic N) is 1. The zero-order valence-corrected chi connectivity index (χ0v) is 25.6. The van der Waals surface area contributed by atoms with Crippen LogP contribution in [0.5, 0.6) is 11.5 Å². The Morgan fingerprint density at radius 3 is 1.73 bits per heavy atom. The highest BCUT2D eigenvalue weighted by Crippen LogP contribution is 2.44. The zero-order chi connectivity index (χ0) is 30.0. The van der Waals surface area contributed by atoms with Crippen molar-refractivity contribution in [1.29, 1.82) is 0 Å². The second-order valence-corrected chi connectivity index (χ2v) is 13.1. The van der Waals surface area contributed by atoms with E-state index in [4.69, 9.17) is 4.74 Å². The fraction of sp³-hybridized carbons (Fsp3) is 0.122. The molecular formula is C41H34BNO. The predicted molar refractivity (Wildman–Crippen MR) is 187 cm³/mol. The van der Waals surface area contributed by atoms with Crippen LogP contribution in [0.15, 0.2) is 133 Å². The fourth-order valence-corrected chi connectivity index (χ4v) is 7.11. The number of rotatable bonds is 3. The quantitative estimate of drug-likeness (QED) is 0.198. The highest BCUT2D eigenvalue weighted by Gasteiger charge is 2.44. The molecule has 8 rings (SSSR count). The maximum atomic E-state index is 6.81. The van der Waals surface area contributed by atoms with Crippen molar-refractivity contribution in [3.8, 4) is 33.8 Å². The lowest BCUT2D eigenvalue weighted by Crippen LogP contribution is -2.60. The number of benzene rings is 6. The number of hydrogen-bond donors (Lipinski definition) is 0. The van der Waals surface area contributed by atoms with E-state index in [1.165, 1.54) is 66.8 Å². The van der Waals surface area contributed by atoms with Gasteiger partial charge in [0.05, 0.1) is 0 Å².